The van der Waals surface area contributed by atoms with E-state index in [2.05, 4.69) is 27.7 Å². The van der Waals surface area contributed by atoms with Crippen LogP contribution in [-0.2, 0) is 22.4 Å². The topological polar surface area (TPSA) is 113 Å². The number of nitrogens with zero attached hydrogens (tertiary/aromatic N) is 2. The summed E-state index contributed by atoms with van der Waals surface area (Å²) < 4.78 is 5.57. The third kappa shape index (κ3) is 10.3. The molecule has 1 aliphatic heterocycles. The molecular formula is C24H43N5O3. The Morgan fingerprint density at radius 2 is 2.09 bits per heavy atom. The van der Waals surface area contributed by atoms with Crippen molar-refractivity contribution in [3.05, 3.63) is 23.4 Å². The first-order chi connectivity index (χ1) is 15.1. The monoisotopic (exact) mass is 449 g/mol. The number of hydrogen-bond donors (Lipinski definition) is 4. The number of nitrogens with one attached hydrogen (secondary N) is 2. The predicted molar refractivity (Wildman–Crippen MR) is 129 cm³/mol. The van der Waals surface area contributed by atoms with Gasteiger partial charge in [-0.3, -0.25) is 4.79 Å². The van der Waals surface area contributed by atoms with Crippen molar-refractivity contribution < 1.29 is 14.6 Å². The molecule has 2 atom stereocenters. The summed E-state index contributed by atoms with van der Waals surface area (Å²) in [5.41, 5.74) is 8.16. The van der Waals surface area contributed by atoms with Crippen LogP contribution in [0.3, 0.4) is 0 Å². The van der Waals surface area contributed by atoms with Gasteiger partial charge < -0.3 is 31.1 Å². The number of aliphatic hydroxyl groups is 1. The second-order valence-corrected chi connectivity index (χ2v) is 9.70. The highest BCUT2D eigenvalue weighted by Gasteiger charge is 2.22. The van der Waals surface area contributed by atoms with E-state index in [1.165, 1.54) is 18.9 Å². The average molecular weight is 450 g/mol. The second kappa shape index (κ2) is 13.1. The van der Waals surface area contributed by atoms with Crippen molar-refractivity contribution in [3.8, 4) is 0 Å². The van der Waals surface area contributed by atoms with Crippen LogP contribution in [0.25, 0.3) is 0 Å². The molecule has 182 valence electrons. The lowest BCUT2D eigenvalue weighted by Crippen LogP contribution is -2.44. The summed E-state index contributed by atoms with van der Waals surface area (Å²) in [5.74, 6) is 1.03. The maximum absolute atomic E-state index is 11.2. The normalized spacial score (nSPS) is 15.7. The highest BCUT2D eigenvalue weighted by atomic mass is 16.6. The van der Waals surface area contributed by atoms with E-state index >= 15 is 0 Å². The lowest BCUT2D eigenvalue weighted by molar-refractivity contribution is -0.176. The molecule has 0 fully saturated rings. The largest absolute Gasteiger partial charge is 0.370 e. The summed E-state index contributed by atoms with van der Waals surface area (Å²) in [6, 6.07) is 3.90. The number of aryl methyl sites for hydroxylation is 2. The molecule has 0 saturated carbocycles. The summed E-state index contributed by atoms with van der Waals surface area (Å²) >= 11 is 0. The minimum Gasteiger partial charge on any atom is -0.370 e. The Balaban J connectivity index is 1.78. The van der Waals surface area contributed by atoms with E-state index in [4.69, 9.17) is 15.5 Å². The van der Waals surface area contributed by atoms with E-state index in [9.17, 15) is 9.90 Å². The van der Waals surface area contributed by atoms with Gasteiger partial charge in [-0.15, -0.1) is 0 Å². The Morgan fingerprint density at radius 3 is 2.81 bits per heavy atom. The van der Waals surface area contributed by atoms with Crippen LogP contribution in [0.2, 0.25) is 0 Å². The highest BCUT2D eigenvalue weighted by molar-refractivity contribution is 5.72. The molecule has 0 radical (unpaired) electrons. The Labute approximate surface area is 193 Å². The van der Waals surface area contributed by atoms with Crippen LogP contribution < -0.4 is 16.4 Å². The van der Waals surface area contributed by atoms with Crippen LogP contribution in [0.15, 0.2) is 12.1 Å². The number of aromatic nitrogens is 1. The summed E-state index contributed by atoms with van der Waals surface area (Å²) in [4.78, 5) is 18.3. The third-order valence-electron chi connectivity index (χ3n) is 5.53. The minimum absolute atomic E-state index is 0.0252. The predicted octanol–water partition coefficient (Wildman–Crippen LogP) is 2.05. The van der Waals surface area contributed by atoms with E-state index in [1.54, 1.807) is 0 Å². The molecule has 8 heteroatoms. The van der Waals surface area contributed by atoms with Crippen molar-refractivity contribution in [1.82, 2.24) is 15.2 Å². The zero-order chi connectivity index (χ0) is 23.6. The number of carbonyl (C=O) groups is 1. The van der Waals surface area contributed by atoms with Gasteiger partial charge >= 0.3 is 0 Å². The summed E-state index contributed by atoms with van der Waals surface area (Å²) in [7, 11) is 0. The molecule has 8 nitrogen and oxygen atoms in total. The van der Waals surface area contributed by atoms with Gasteiger partial charge in [-0.25, -0.2) is 4.98 Å². The molecule has 2 rings (SSSR count). The molecule has 1 aromatic heterocycles. The number of aliphatic hydroxyl groups excluding tert-OH is 1. The number of fused-ring (bicyclic) bond motifs is 1. The van der Waals surface area contributed by atoms with E-state index in [-0.39, 0.29) is 5.91 Å². The van der Waals surface area contributed by atoms with Gasteiger partial charge in [0.1, 0.15) is 5.82 Å². The fourth-order valence-corrected chi connectivity index (χ4v) is 3.80. The van der Waals surface area contributed by atoms with E-state index in [0.717, 1.165) is 63.4 Å². The van der Waals surface area contributed by atoms with Gasteiger partial charge in [0, 0.05) is 32.3 Å². The number of anilines is 1. The lowest BCUT2D eigenvalue weighted by atomic mass is 10.1. The Kier molecular flexibility index (Phi) is 10.8. The van der Waals surface area contributed by atoms with Crippen LogP contribution in [0.5, 0.6) is 0 Å². The molecular weight excluding hydrogens is 406 g/mol. The number of carbonyl (C=O) groups excluding carboxylic acids is 1. The first kappa shape index (κ1) is 26.5. The maximum Gasteiger partial charge on any atom is 0.216 e. The quantitative estimate of drug-likeness (QED) is 0.269. The van der Waals surface area contributed by atoms with E-state index < -0.39 is 17.9 Å². The van der Waals surface area contributed by atoms with Crippen LogP contribution in [-0.4, -0.2) is 71.6 Å². The van der Waals surface area contributed by atoms with Crippen molar-refractivity contribution in [2.45, 2.75) is 84.2 Å². The summed E-state index contributed by atoms with van der Waals surface area (Å²) in [6.07, 6.45) is 4.94. The molecule has 0 aromatic carbocycles. The summed E-state index contributed by atoms with van der Waals surface area (Å²) in [6.45, 7) is 11.2. The lowest BCUT2D eigenvalue weighted by Gasteiger charge is -2.29. The number of amides is 1. The van der Waals surface area contributed by atoms with E-state index in [1.807, 2.05) is 20.8 Å². The molecule has 32 heavy (non-hydrogen) atoms. The summed E-state index contributed by atoms with van der Waals surface area (Å²) in [5, 5.41) is 16.5. The first-order valence-corrected chi connectivity index (χ1v) is 11.9. The first-order valence-electron chi connectivity index (χ1n) is 11.9. The molecule has 1 unspecified atom stereocenters. The number of unbranched alkanes of at least 4 members (excludes halogenated alkanes) is 1. The van der Waals surface area contributed by atoms with E-state index in [0.29, 0.717) is 13.0 Å². The second-order valence-electron chi connectivity index (χ2n) is 9.70. The Hall–Kier alpha value is -1.74. The zero-order valence-electron chi connectivity index (χ0n) is 20.3. The van der Waals surface area contributed by atoms with Crippen LogP contribution in [0, 0.1) is 0 Å². The van der Waals surface area contributed by atoms with Crippen LogP contribution in [0.1, 0.15) is 64.6 Å². The fourth-order valence-electron chi connectivity index (χ4n) is 3.80. The van der Waals surface area contributed by atoms with Crippen LogP contribution in [0.4, 0.5) is 5.82 Å². The van der Waals surface area contributed by atoms with Gasteiger partial charge in [-0.2, -0.15) is 0 Å². The van der Waals surface area contributed by atoms with Gasteiger partial charge in [0.2, 0.25) is 5.91 Å². The van der Waals surface area contributed by atoms with Crippen molar-refractivity contribution in [1.29, 1.82) is 0 Å². The average Bonchev–Trinajstić information content (AvgIpc) is 2.72. The maximum atomic E-state index is 11.2. The van der Waals surface area contributed by atoms with Gasteiger partial charge in [-0.05, 0) is 84.0 Å². The number of pyridine rings is 1. The van der Waals surface area contributed by atoms with Gasteiger partial charge in [0.15, 0.2) is 6.29 Å². The molecule has 0 spiro atoms. The minimum atomic E-state index is -0.990. The molecule has 1 amide bonds. The highest BCUT2D eigenvalue weighted by Crippen LogP contribution is 2.20. The Bertz CT molecular complexity index is 707. The standard InChI is InChI=1S/C24H43N5O3/c1-18(30)26-14-17-29(16-12-21(25)23(31)32-24(2,3)4)15-6-5-9-20-11-10-19-8-7-13-27-22(19)28-20/h10-11,21,23,31H,5-9,12-17,25H2,1-4H3,(H,26,30)(H,27,28)/t21-,23?/m0/s1. The SMILES string of the molecule is CC(=O)NCCN(CCCCc1ccc2c(n1)NCCC2)CC[C@H](N)C(O)OC(C)(C)C. The Morgan fingerprint density at radius 1 is 1.31 bits per heavy atom. The molecule has 0 bridgehead atoms. The van der Waals surface area contributed by atoms with Gasteiger partial charge in [0.25, 0.3) is 0 Å². The number of hydrogen-bond acceptors (Lipinski definition) is 7. The third-order valence-corrected chi connectivity index (χ3v) is 5.53. The van der Waals surface area contributed by atoms with Gasteiger partial charge in [0.05, 0.1) is 11.6 Å². The van der Waals surface area contributed by atoms with Crippen molar-refractivity contribution in [3.63, 3.8) is 0 Å². The van der Waals surface area contributed by atoms with Gasteiger partial charge in [-0.1, -0.05) is 6.07 Å². The fraction of sp³-hybridized carbons (Fsp3) is 0.750. The molecule has 0 aliphatic carbocycles. The number of nitrogens with two attached hydrogens (primary N) is 1. The van der Waals surface area contributed by atoms with Crippen LogP contribution >= 0.6 is 0 Å². The zero-order valence-corrected chi connectivity index (χ0v) is 20.3. The number of ether oxygens (including phenoxy) is 1. The molecule has 1 aliphatic rings. The van der Waals surface area contributed by atoms with Crippen molar-refractivity contribution >= 4 is 11.7 Å². The number of rotatable bonds is 13. The molecule has 0 saturated heterocycles. The molecule has 2 heterocycles. The van der Waals surface area contributed by atoms with Crippen molar-refractivity contribution in [2.75, 3.05) is 38.0 Å². The molecule has 5 N–H and O–H groups in total. The smallest absolute Gasteiger partial charge is 0.216 e. The van der Waals surface area contributed by atoms with Crippen molar-refractivity contribution in [2.24, 2.45) is 5.73 Å². The molecule has 1 aromatic rings.